The van der Waals surface area contributed by atoms with Crippen molar-refractivity contribution in [2.75, 3.05) is 13.2 Å². The van der Waals surface area contributed by atoms with Gasteiger partial charge in [0.1, 0.15) is 6.10 Å². The highest BCUT2D eigenvalue weighted by atomic mass is 16.7. The number of aliphatic hydroxyl groups is 1. The Morgan fingerprint density at radius 1 is 1.44 bits per heavy atom. The molecule has 0 spiro atoms. The fourth-order valence-electron chi connectivity index (χ4n) is 1.46. The van der Waals surface area contributed by atoms with E-state index in [0.717, 1.165) is 6.42 Å². The van der Waals surface area contributed by atoms with Crippen LogP contribution in [0.3, 0.4) is 0 Å². The first-order valence-corrected chi connectivity index (χ1v) is 3.29. The molecule has 2 unspecified atom stereocenters. The molecule has 9 heavy (non-hydrogen) atoms. The molecule has 0 amide bonds. The summed E-state index contributed by atoms with van der Waals surface area (Å²) >= 11 is 0. The summed E-state index contributed by atoms with van der Waals surface area (Å²) in [5.41, 5.74) is 0. The molecule has 1 N–H and O–H groups in total. The van der Waals surface area contributed by atoms with Gasteiger partial charge in [0.15, 0.2) is 5.79 Å². The van der Waals surface area contributed by atoms with Crippen molar-refractivity contribution in [3.63, 3.8) is 0 Å². The van der Waals surface area contributed by atoms with Gasteiger partial charge in [-0.15, -0.1) is 0 Å². The molecular formula is C6H10O3. The summed E-state index contributed by atoms with van der Waals surface area (Å²) in [7, 11) is 0. The monoisotopic (exact) mass is 130 g/mol. The van der Waals surface area contributed by atoms with Gasteiger partial charge in [0.05, 0.1) is 13.2 Å². The van der Waals surface area contributed by atoms with Crippen molar-refractivity contribution >= 4 is 0 Å². The van der Waals surface area contributed by atoms with Crippen molar-refractivity contribution in [3.05, 3.63) is 0 Å². The van der Waals surface area contributed by atoms with Gasteiger partial charge in [-0.25, -0.2) is 0 Å². The van der Waals surface area contributed by atoms with Crippen molar-refractivity contribution in [1.82, 2.24) is 0 Å². The van der Waals surface area contributed by atoms with E-state index < -0.39 is 5.79 Å². The molecule has 2 atom stereocenters. The first-order chi connectivity index (χ1) is 4.31. The average molecular weight is 130 g/mol. The third kappa shape index (κ3) is 0.689. The molecule has 2 rings (SSSR count). The molecule has 0 radical (unpaired) electrons. The van der Waals surface area contributed by atoms with Gasteiger partial charge in [-0.1, -0.05) is 0 Å². The van der Waals surface area contributed by atoms with E-state index in [1.807, 2.05) is 0 Å². The van der Waals surface area contributed by atoms with Gasteiger partial charge in [-0.05, 0) is 0 Å². The lowest BCUT2D eigenvalue weighted by molar-refractivity contribution is -0.184. The Bertz CT molecular complexity index is 113. The van der Waals surface area contributed by atoms with Gasteiger partial charge in [-0.3, -0.25) is 0 Å². The lowest BCUT2D eigenvalue weighted by atomic mass is 10.1. The molecule has 0 saturated carbocycles. The van der Waals surface area contributed by atoms with E-state index in [2.05, 4.69) is 0 Å². The lowest BCUT2D eigenvalue weighted by Gasteiger charge is -2.18. The Morgan fingerprint density at radius 2 is 2.33 bits per heavy atom. The Hall–Kier alpha value is -0.120. The van der Waals surface area contributed by atoms with Crippen LogP contribution < -0.4 is 0 Å². The van der Waals surface area contributed by atoms with Crippen molar-refractivity contribution in [2.24, 2.45) is 0 Å². The average Bonchev–Trinajstić information content (AvgIpc) is 2.22. The number of rotatable bonds is 0. The van der Waals surface area contributed by atoms with Crippen molar-refractivity contribution in [3.8, 4) is 0 Å². The SMILES string of the molecule is OC12CCOC1CCO2. The fourth-order valence-corrected chi connectivity index (χ4v) is 1.46. The minimum Gasteiger partial charge on any atom is -0.372 e. The van der Waals surface area contributed by atoms with Crippen LogP contribution in [0, 0.1) is 0 Å². The second kappa shape index (κ2) is 1.68. The molecule has 2 aliphatic rings. The van der Waals surface area contributed by atoms with Crippen LogP contribution in [0.1, 0.15) is 12.8 Å². The maximum absolute atomic E-state index is 9.48. The minimum atomic E-state index is -0.917. The number of fused-ring (bicyclic) bond motifs is 1. The number of hydrogen-bond donors (Lipinski definition) is 1. The van der Waals surface area contributed by atoms with E-state index in [9.17, 15) is 5.11 Å². The molecule has 2 heterocycles. The molecule has 0 aromatic rings. The third-order valence-corrected chi connectivity index (χ3v) is 2.01. The highest BCUT2D eigenvalue weighted by Crippen LogP contribution is 2.34. The third-order valence-electron chi connectivity index (χ3n) is 2.01. The van der Waals surface area contributed by atoms with Crippen LogP contribution in [0.25, 0.3) is 0 Å². The predicted molar refractivity (Wildman–Crippen MR) is 29.9 cm³/mol. The maximum Gasteiger partial charge on any atom is 0.194 e. The highest BCUT2D eigenvalue weighted by molar-refractivity contribution is 4.88. The van der Waals surface area contributed by atoms with Gasteiger partial charge in [0.2, 0.25) is 0 Å². The molecule has 0 aromatic carbocycles. The van der Waals surface area contributed by atoms with Crippen LogP contribution in [0.5, 0.6) is 0 Å². The summed E-state index contributed by atoms with van der Waals surface area (Å²) in [6, 6.07) is 0. The summed E-state index contributed by atoms with van der Waals surface area (Å²) in [4.78, 5) is 0. The normalized spacial score (nSPS) is 49.7. The summed E-state index contributed by atoms with van der Waals surface area (Å²) in [5.74, 6) is -0.917. The Labute approximate surface area is 53.6 Å². The molecular weight excluding hydrogens is 120 g/mol. The first-order valence-electron chi connectivity index (χ1n) is 3.29. The largest absolute Gasteiger partial charge is 0.372 e. The van der Waals surface area contributed by atoms with Crippen LogP contribution in [0.15, 0.2) is 0 Å². The van der Waals surface area contributed by atoms with E-state index in [1.54, 1.807) is 0 Å². The molecule has 2 saturated heterocycles. The summed E-state index contributed by atoms with van der Waals surface area (Å²) in [6.07, 6.45) is 1.44. The summed E-state index contributed by atoms with van der Waals surface area (Å²) in [6.45, 7) is 1.28. The smallest absolute Gasteiger partial charge is 0.194 e. The summed E-state index contributed by atoms with van der Waals surface area (Å²) < 4.78 is 10.3. The van der Waals surface area contributed by atoms with Crippen LogP contribution in [0.2, 0.25) is 0 Å². The van der Waals surface area contributed by atoms with Gasteiger partial charge < -0.3 is 14.6 Å². The molecule has 0 aliphatic carbocycles. The predicted octanol–water partition coefficient (Wildman–Crippen LogP) is -0.116. The maximum atomic E-state index is 9.48. The van der Waals surface area contributed by atoms with Gasteiger partial charge >= 0.3 is 0 Å². The Balaban J connectivity index is 2.17. The summed E-state index contributed by atoms with van der Waals surface area (Å²) in [5, 5.41) is 9.48. The standard InChI is InChI=1S/C6H10O3/c7-6-2-4-8-5(6)1-3-9-6/h5,7H,1-4H2. The lowest BCUT2D eigenvalue weighted by Crippen LogP contribution is -2.33. The first kappa shape index (κ1) is 5.65. The van der Waals surface area contributed by atoms with Gasteiger partial charge in [0.25, 0.3) is 0 Å². The van der Waals surface area contributed by atoms with Crippen LogP contribution in [0.4, 0.5) is 0 Å². The van der Waals surface area contributed by atoms with Crippen molar-refractivity contribution in [1.29, 1.82) is 0 Å². The quantitative estimate of drug-likeness (QED) is 0.497. The van der Waals surface area contributed by atoms with Crippen LogP contribution in [-0.4, -0.2) is 30.2 Å². The molecule has 2 aliphatic heterocycles. The zero-order valence-electron chi connectivity index (χ0n) is 5.17. The van der Waals surface area contributed by atoms with Crippen LogP contribution >= 0.6 is 0 Å². The van der Waals surface area contributed by atoms with E-state index in [-0.39, 0.29) is 6.10 Å². The van der Waals surface area contributed by atoms with Crippen molar-refractivity contribution < 1.29 is 14.6 Å². The second-order valence-corrected chi connectivity index (χ2v) is 2.59. The van der Waals surface area contributed by atoms with Gasteiger partial charge in [-0.2, -0.15) is 0 Å². The molecule has 3 nitrogen and oxygen atoms in total. The fraction of sp³-hybridized carbons (Fsp3) is 1.00. The zero-order valence-corrected chi connectivity index (χ0v) is 5.17. The van der Waals surface area contributed by atoms with E-state index in [1.165, 1.54) is 0 Å². The topological polar surface area (TPSA) is 38.7 Å². The Morgan fingerprint density at radius 3 is 3.11 bits per heavy atom. The minimum absolute atomic E-state index is 0.0440. The number of hydrogen-bond acceptors (Lipinski definition) is 3. The van der Waals surface area contributed by atoms with Gasteiger partial charge in [0, 0.05) is 12.8 Å². The van der Waals surface area contributed by atoms with Crippen LogP contribution in [-0.2, 0) is 9.47 Å². The van der Waals surface area contributed by atoms with E-state index >= 15 is 0 Å². The molecule has 2 fully saturated rings. The second-order valence-electron chi connectivity index (χ2n) is 2.59. The number of ether oxygens (including phenoxy) is 2. The Kier molecular flexibility index (Phi) is 1.06. The van der Waals surface area contributed by atoms with Crippen molar-refractivity contribution in [2.45, 2.75) is 24.7 Å². The highest BCUT2D eigenvalue weighted by Gasteiger charge is 2.47. The molecule has 3 heteroatoms. The zero-order chi connectivity index (χ0) is 6.32. The van der Waals surface area contributed by atoms with E-state index in [0.29, 0.717) is 19.6 Å². The molecule has 52 valence electrons. The molecule has 0 aromatic heterocycles. The molecule has 0 bridgehead atoms. The van der Waals surface area contributed by atoms with E-state index in [4.69, 9.17) is 9.47 Å².